The molecule has 0 aliphatic carbocycles. The Morgan fingerprint density at radius 3 is 2.48 bits per heavy atom. The molecule has 3 aromatic rings. The second-order valence-electron chi connectivity index (χ2n) is 6.15. The van der Waals surface area contributed by atoms with E-state index < -0.39 is 0 Å². The smallest absolute Gasteiger partial charge is 0.230 e. The predicted molar refractivity (Wildman–Crippen MR) is 99.0 cm³/mol. The highest BCUT2D eigenvalue weighted by Crippen LogP contribution is 2.32. The van der Waals surface area contributed by atoms with Crippen LogP contribution in [-0.2, 0) is 4.79 Å². The van der Waals surface area contributed by atoms with Gasteiger partial charge < -0.3 is 9.73 Å². The second-order valence-corrected chi connectivity index (χ2v) is 6.15. The maximum absolute atomic E-state index is 12.9. The summed E-state index contributed by atoms with van der Waals surface area (Å²) in [6.45, 7) is 4.00. The van der Waals surface area contributed by atoms with Gasteiger partial charge in [0.2, 0.25) is 11.7 Å². The van der Waals surface area contributed by atoms with Gasteiger partial charge in [-0.15, -0.1) is 0 Å². The fourth-order valence-electron chi connectivity index (χ4n) is 2.70. The van der Waals surface area contributed by atoms with Crippen molar-refractivity contribution in [2.75, 3.05) is 5.32 Å². The van der Waals surface area contributed by atoms with Crippen LogP contribution in [0.4, 0.5) is 5.69 Å². The van der Waals surface area contributed by atoms with E-state index in [-0.39, 0.29) is 17.5 Å². The molecule has 0 radical (unpaired) electrons. The minimum absolute atomic E-state index is 0.105. The Hall–Kier alpha value is -2.88. The molecule has 0 aliphatic rings. The lowest BCUT2D eigenvalue weighted by Crippen LogP contribution is -2.13. The third kappa shape index (κ3) is 3.63. The number of hydrogen-bond donors (Lipinski definition) is 1. The number of nitrogens with one attached hydrogen (secondary N) is 1. The highest BCUT2D eigenvalue weighted by Gasteiger charge is 2.23. The number of benzene rings is 2. The first kappa shape index (κ1) is 17.0. The third-order valence-corrected chi connectivity index (χ3v) is 4.14. The van der Waals surface area contributed by atoms with Gasteiger partial charge in [0.15, 0.2) is 5.76 Å². The SMILES string of the molecule is CCCCC(=O)Nc1c(C(=O)c2ccc(C)cc2)oc2ccccc12. The molecule has 0 bridgehead atoms. The van der Waals surface area contributed by atoms with Gasteiger partial charge in [-0.05, 0) is 25.5 Å². The number of carbonyl (C=O) groups excluding carboxylic acids is 2. The molecule has 1 amide bonds. The molecule has 3 rings (SSSR count). The molecular weight excluding hydrogens is 314 g/mol. The van der Waals surface area contributed by atoms with Gasteiger partial charge >= 0.3 is 0 Å². The normalized spacial score (nSPS) is 10.8. The van der Waals surface area contributed by atoms with Gasteiger partial charge in [-0.2, -0.15) is 0 Å². The van der Waals surface area contributed by atoms with Gasteiger partial charge in [0, 0.05) is 17.4 Å². The summed E-state index contributed by atoms with van der Waals surface area (Å²) in [7, 11) is 0. The Kier molecular flexibility index (Phi) is 4.98. The fourth-order valence-corrected chi connectivity index (χ4v) is 2.70. The molecule has 4 heteroatoms. The van der Waals surface area contributed by atoms with Crippen LogP contribution in [-0.4, -0.2) is 11.7 Å². The van der Waals surface area contributed by atoms with Crippen LogP contribution in [0.25, 0.3) is 11.0 Å². The van der Waals surface area contributed by atoms with E-state index in [1.54, 1.807) is 18.2 Å². The minimum atomic E-state index is -0.234. The van der Waals surface area contributed by atoms with Gasteiger partial charge in [0.05, 0.1) is 5.69 Å². The number of fused-ring (bicyclic) bond motifs is 1. The number of ketones is 1. The Morgan fingerprint density at radius 1 is 1.04 bits per heavy atom. The zero-order chi connectivity index (χ0) is 17.8. The first-order chi connectivity index (χ1) is 12.1. The molecule has 0 aliphatic heterocycles. The lowest BCUT2D eigenvalue weighted by Gasteiger charge is -2.06. The summed E-state index contributed by atoms with van der Waals surface area (Å²) in [5.41, 5.74) is 2.66. The number of carbonyl (C=O) groups is 2. The monoisotopic (exact) mass is 335 g/mol. The van der Waals surface area contributed by atoms with Crippen LogP contribution in [0.1, 0.15) is 47.9 Å². The standard InChI is InChI=1S/C21H21NO3/c1-3-4-9-18(23)22-19-16-7-5-6-8-17(16)25-21(19)20(24)15-12-10-14(2)11-13-15/h5-8,10-13H,3-4,9H2,1-2H3,(H,22,23). The van der Waals surface area contributed by atoms with Crippen LogP contribution < -0.4 is 5.32 Å². The molecule has 25 heavy (non-hydrogen) atoms. The predicted octanol–water partition coefficient (Wildman–Crippen LogP) is 5.10. The molecule has 1 heterocycles. The average Bonchev–Trinajstić information content (AvgIpc) is 2.98. The van der Waals surface area contributed by atoms with Crippen molar-refractivity contribution in [2.24, 2.45) is 0 Å². The largest absolute Gasteiger partial charge is 0.450 e. The number of hydrogen-bond acceptors (Lipinski definition) is 3. The van der Waals surface area contributed by atoms with E-state index in [0.717, 1.165) is 23.8 Å². The number of aryl methyl sites for hydroxylation is 1. The van der Waals surface area contributed by atoms with E-state index >= 15 is 0 Å². The van der Waals surface area contributed by atoms with Crippen molar-refractivity contribution in [3.8, 4) is 0 Å². The zero-order valence-corrected chi connectivity index (χ0v) is 14.5. The number of anilines is 1. The number of para-hydroxylation sites is 1. The van der Waals surface area contributed by atoms with Crippen molar-refractivity contribution in [1.29, 1.82) is 0 Å². The van der Waals surface area contributed by atoms with Gasteiger partial charge in [0.25, 0.3) is 0 Å². The Bertz CT molecular complexity index is 907. The second kappa shape index (κ2) is 7.34. The molecule has 0 saturated heterocycles. The first-order valence-electron chi connectivity index (χ1n) is 8.53. The van der Waals surface area contributed by atoms with Crippen LogP contribution in [0, 0.1) is 6.92 Å². The average molecular weight is 335 g/mol. The van der Waals surface area contributed by atoms with E-state index in [1.807, 2.05) is 44.2 Å². The van der Waals surface area contributed by atoms with Gasteiger partial charge in [0.1, 0.15) is 5.58 Å². The molecule has 128 valence electrons. The summed E-state index contributed by atoms with van der Waals surface area (Å²) in [5, 5.41) is 3.62. The van der Waals surface area contributed by atoms with Crippen LogP contribution in [0.2, 0.25) is 0 Å². The van der Waals surface area contributed by atoms with E-state index in [0.29, 0.717) is 23.3 Å². The van der Waals surface area contributed by atoms with Crippen LogP contribution in [0.5, 0.6) is 0 Å². The summed E-state index contributed by atoms with van der Waals surface area (Å²) in [6.07, 6.45) is 2.17. The summed E-state index contributed by atoms with van der Waals surface area (Å²) >= 11 is 0. The van der Waals surface area contributed by atoms with Crippen LogP contribution in [0.15, 0.2) is 52.9 Å². The summed E-state index contributed by atoms with van der Waals surface area (Å²) in [4.78, 5) is 25.1. The molecule has 0 saturated carbocycles. The third-order valence-electron chi connectivity index (χ3n) is 4.14. The van der Waals surface area contributed by atoms with Crippen molar-refractivity contribution in [3.63, 3.8) is 0 Å². The lowest BCUT2D eigenvalue weighted by atomic mass is 10.1. The summed E-state index contributed by atoms with van der Waals surface area (Å²) in [6, 6.07) is 14.7. The molecule has 0 atom stereocenters. The lowest BCUT2D eigenvalue weighted by molar-refractivity contribution is -0.116. The van der Waals surface area contributed by atoms with E-state index in [4.69, 9.17) is 4.42 Å². The topological polar surface area (TPSA) is 59.3 Å². The Labute approximate surface area is 146 Å². The van der Waals surface area contributed by atoms with E-state index in [1.165, 1.54) is 0 Å². The van der Waals surface area contributed by atoms with Crippen molar-refractivity contribution >= 4 is 28.3 Å². The zero-order valence-electron chi connectivity index (χ0n) is 14.5. The Balaban J connectivity index is 2.01. The molecule has 1 aromatic heterocycles. The fraction of sp³-hybridized carbons (Fsp3) is 0.238. The van der Waals surface area contributed by atoms with Gasteiger partial charge in [-0.25, -0.2) is 0 Å². The summed E-state index contributed by atoms with van der Waals surface area (Å²) in [5.74, 6) is -0.164. The molecule has 4 nitrogen and oxygen atoms in total. The molecule has 1 N–H and O–H groups in total. The number of amides is 1. The molecule has 0 spiro atoms. The maximum atomic E-state index is 12.9. The van der Waals surface area contributed by atoms with Crippen LogP contribution in [0.3, 0.4) is 0 Å². The molecular formula is C21H21NO3. The van der Waals surface area contributed by atoms with Crippen molar-refractivity contribution < 1.29 is 14.0 Å². The highest BCUT2D eigenvalue weighted by molar-refractivity contribution is 6.17. The van der Waals surface area contributed by atoms with E-state index in [9.17, 15) is 9.59 Å². The highest BCUT2D eigenvalue weighted by atomic mass is 16.3. The molecule has 0 fully saturated rings. The number of rotatable bonds is 6. The number of furan rings is 1. The molecule has 0 unspecified atom stereocenters. The Morgan fingerprint density at radius 2 is 1.76 bits per heavy atom. The van der Waals surface area contributed by atoms with Gasteiger partial charge in [-0.3, -0.25) is 9.59 Å². The van der Waals surface area contributed by atoms with E-state index in [2.05, 4.69) is 5.32 Å². The summed E-state index contributed by atoms with van der Waals surface area (Å²) < 4.78 is 5.79. The van der Waals surface area contributed by atoms with Crippen molar-refractivity contribution in [2.45, 2.75) is 33.1 Å². The van der Waals surface area contributed by atoms with Gasteiger partial charge in [-0.1, -0.05) is 55.3 Å². The quantitative estimate of drug-likeness (QED) is 0.637. The first-order valence-corrected chi connectivity index (χ1v) is 8.53. The van der Waals surface area contributed by atoms with Crippen molar-refractivity contribution in [3.05, 3.63) is 65.4 Å². The van der Waals surface area contributed by atoms with Crippen molar-refractivity contribution in [1.82, 2.24) is 0 Å². The van der Waals surface area contributed by atoms with Crippen LogP contribution >= 0.6 is 0 Å². The number of unbranched alkanes of at least 4 members (excludes halogenated alkanes) is 1. The maximum Gasteiger partial charge on any atom is 0.230 e. The molecule has 2 aromatic carbocycles. The minimum Gasteiger partial charge on any atom is -0.450 e.